The number of amides is 3. The maximum Gasteiger partial charge on any atom is 0.330 e. The average molecular weight is 505 g/mol. The number of allylic oxidation sites excluding steroid dienone is 1. The van der Waals surface area contributed by atoms with Crippen molar-refractivity contribution in [1.29, 1.82) is 0 Å². The summed E-state index contributed by atoms with van der Waals surface area (Å²) in [7, 11) is 1.19. The highest BCUT2D eigenvalue weighted by Crippen LogP contribution is 2.25. The lowest BCUT2D eigenvalue weighted by molar-refractivity contribution is -0.142. The summed E-state index contributed by atoms with van der Waals surface area (Å²) >= 11 is 2.39. The van der Waals surface area contributed by atoms with Crippen LogP contribution in [0.5, 0.6) is 5.75 Å². The third-order valence-electron chi connectivity index (χ3n) is 4.71. The molecule has 10 nitrogen and oxygen atoms in total. The van der Waals surface area contributed by atoms with E-state index in [0.717, 1.165) is 23.5 Å². The number of phenolic OH excluding ortho intramolecular Hbond substituents is 1. The number of carbonyl (C=O) groups excluding carboxylic acids is 4. The second kappa shape index (κ2) is 11.7. The van der Waals surface area contributed by atoms with Crippen LogP contribution in [0.4, 0.5) is 5.13 Å². The number of aryl methyl sites for hydroxylation is 1. The molecule has 1 aromatic carbocycles. The first-order valence-electron chi connectivity index (χ1n) is 10.3. The van der Waals surface area contributed by atoms with Crippen LogP contribution >= 0.6 is 23.1 Å². The number of phenols is 1. The Hall–Kier alpha value is -3.38. The number of ether oxygens (including phenoxy) is 1. The Morgan fingerprint density at radius 3 is 2.71 bits per heavy atom. The number of nitrogens with zero attached hydrogens (tertiary/aromatic N) is 1. The minimum Gasteiger partial charge on any atom is -0.508 e. The van der Waals surface area contributed by atoms with Crippen molar-refractivity contribution < 1.29 is 29.0 Å². The summed E-state index contributed by atoms with van der Waals surface area (Å²) < 4.78 is 4.75. The van der Waals surface area contributed by atoms with Crippen LogP contribution in [-0.4, -0.2) is 59.2 Å². The quantitative estimate of drug-likeness (QED) is 0.378. The van der Waals surface area contributed by atoms with Crippen LogP contribution in [0.25, 0.3) is 0 Å². The Labute approximate surface area is 204 Å². The zero-order chi connectivity index (χ0) is 24.7. The number of anilines is 1. The fourth-order valence-corrected chi connectivity index (χ4v) is 4.87. The molecule has 0 saturated carbocycles. The number of aromatic hydroxyl groups is 1. The SMILES string of the molecule is COC(=O)[C@H](CNC(=O)C1=CCCS1)NC(=O)c1sc(NC(=O)Cc2cccc(O)c2)nc1C. The molecule has 0 aliphatic carbocycles. The van der Waals surface area contributed by atoms with Crippen molar-refractivity contribution in [2.75, 3.05) is 24.7 Å². The lowest BCUT2D eigenvalue weighted by Crippen LogP contribution is -2.49. The van der Waals surface area contributed by atoms with E-state index < -0.39 is 17.9 Å². The molecule has 0 spiro atoms. The molecule has 1 atom stereocenters. The zero-order valence-electron chi connectivity index (χ0n) is 18.5. The number of carbonyl (C=O) groups is 4. The Kier molecular flexibility index (Phi) is 8.66. The third-order valence-corrected chi connectivity index (χ3v) is 6.89. The van der Waals surface area contributed by atoms with E-state index in [0.29, 0.717) is 16.2 Å². The molecule has 3 amide bonds. The van der Waals surface area contributed by atoms with Crippen LogP contribution in [0.3, 0.4) is 0 Å². The smallest absolute Gasteiger partial charge is 0.330 e. The van der Waals surface area contributed by atoms with Crippen LogP contribution in [0, 0.1) is 6.92 Å². The summed E-state index contributed by atoms with van der Waals surface area (Å²) in [6.45, 7) is 1.47. The van der Waals surface area contributed by atoms with Gasteiger partial charge in [-0.2, -0.15) is 0 Å². The van der Waals surface area contributed by atoms with Gasteiger partial charge in [-0.1, -0.05) is 29.5 Å². The van der Waals surface area contributed by atoms with E-state index in [1.54, 1.807) is 19.1 Å². The Bertz CT molecular complexity index is 1130. The van der Waals surface area contributed by atoms with Crippen molar-refractivity contribution in [3.05, 3.63) is 51.4 Å². The van der Waals surface area contributed by atoms with Gasteiger partial charge in [-0.25, -0.2) is 9.78 Å². The number of thioether (sulfide) groups is 1. The first kappa shape index (κ1) is 25.2. The van der Waals surface area contributed by atoms with Crippen molar-refractivity contribution in [2.24, 2.45) is 0 Å². The van der Waals surface area contributed by atoms with Crippen molar-refractivity contribution >= 4 is 51.9 Å². The predicted octanol–water partition coefficient (Wildman–Crippen LogP) is 1.75. The zero-order valence-corrected chi connectivity index (χ0v) is 20.2. The van der Waals surface area contributed by atoms with Gasteiger partial charge >= 0.3 is 5.97 Å². The fourth-order valence-electron chi connectivity index (χ4n) is 3.09. The van der Waals surface area contributed by atoms with Crippen LogP contribution in [-0.2, 0) is 25.5 Å². The molecule has 0 bridgehead atoms. The molecule has 180 valence electrons. The molecule has 1 aromatic heterocycles. The molecule has 2 aromatic rings. The van der Waals surface area contributed by atoms with E-state index in [2.05, 4.69) is 20.9 Å². The number of hydrogen-bond donors (Lipinski definition) is 4. The number of rotatable bonds is 9. The summed E-state index contributed by atoms with van der Waals surface area (Å²) in [5.41, 5.74) is 0.994. The summed E-state index contributed by atoms with van der Waals surface area (Å²) in [6, 6.07) is 5.24. The van der Waals surface area contributed by atoms with Crippen LogP contribution < -0.4 is 16.0 Å². The molecule has 0 saturated heterocycles. The van der Waals surface area contributed by atoms with Gasteiger partial charge in [-0.05, 0) is 31.0 Å². The number of hydrogen-bond acceptors (Lipinski definition) is 9. The van der Waals surface area contributed by atoms with Crippen molar-refractivity contribution in [1.82, 2.24) is 15.6 Å². The molecule has 1 aliphatic rings. The molecule has 0 fully saturated rings. The second-order valence-corrected chi connectivity index (χ2v) is 9.43. The molecule has 0 radical (unpaired) electrons. The van der Waals surface area contributed by atoms with Gasteiger partial charge in [0.1, 0.15) is 16.7 Å². The number of nitrogens with one attached hydrogen (secondary N) is 3. The first-order valence-corrected chi connectivity index (χ1v) is 12.1. The van der Waals surface area contributed by atoms with E-state index >= 15 is 0 Å². The second-order valence-electron chi connectivity index (χ2n) is 7.29. The van der Waals surface area contributed by atoms with E-state index in [4.69, 9.17) is 4.74 Å². The summed E-state index contributed by atoms with van der Waals surface area (Å²) in [6.07, 6.45) is 2.65. The standard InChI is InChI=1S/C22H24N4O6S2/c1-12-18(34-22(24-12)26-17(28)10-13-5-3-6-14(27)9-13)20(30)25-15(21(31)32-2)11-23-19(29)16-7-4-8-33-16/h3,5-7,9,15,27H,4,8,10-11H2,1-2H3,(H,23,29)(H,25,30)(H,24,26,28)/t15-/m0/s1. The highest BCUT2D eigenvalue weighted by atomic mass is 32.2. The van der Waals surface area contributed by atoms with Gasteiger partial charge in [-0.3, -0.25) is 14.4 Å². The third kappa shape index (κ3) is 6.81. The maximum absolute atomic E-state index is 12.8. The molecule has 34 heavy (non-hydrogen) atoms. The Morgan fingerprint density at radius 1 is 1.24 bits per heavy atom. The van der Waals surface area contributed by atoms with Crippen molar-refractivity contribution in [3.8, 4) is 5.75 Å². The topological polar surface area (TPSA) is 147 Å². The van der Waals surface area contributed by atoms with Gasteiger partial charge in [-0.15, -0.1) is 11.8 Å². The summed E-state index contributed by atoms with van der Waals surface area (Å²) in [5.74, 6) is -1.07. The minimum absolute atomic E-state index is 0.0212. The minimum atomic E-state index is -1.10. The van der Waals surface area contributed by atoms with Gasteiger partial charge in [0.15, 0.2) is 5.13 Å². The summed E-state index contributed by atoms with van der Waals surface area (Å²) in [5, 5.41) is 17.6. The molecule has 2 heterocycles. The number of benzene rings is 1. The number of methoxy groups -OCH3 is 1. The number of thiazole rings is 1. The monoisotopic (exact) mass is 504 g/mol. The lowest BCUT2D eigenvalue weighted by atomic mass is 10.1. The molecular formula is C22H24N4O6S2. The average Bonchev–Trinajstić information content (AvgIpc) is 3.45. The van der Waals surface area contributed by atoms with Crippen molar-refractivity contribution in [3.63, 3.8) is 0 Å². The number of aromatic nitrogens is 1. The van der Waals surface area contributed by atoms with Crippen LogP contribution in [0.15, 0.2) is 35.2 Å². The van der Waals surface area contributed by atoms with Gasteiger partial charge in [0.25, 0.3) is 11.8 Å². The molecule has 4 N–H and O–H groups in total. The Balaban J connectivity index is 1.61. The summed E-state index contributed by atoms with van der Waals surface area (Å²) in [4.78, 5) is 54.5. The lowest BCUT2D eigenvalue weighted by Gasteiger charge is -2.17. The maximum atomic E-state index is 12.8. The van der Waals surface area contributed by atoms with Gasteiger partial charge < -0.3 is 25.8 Å². The van der Waals surface area contributed by atoms with Crippen LogP contribution in [0.2, 0.25) is 0 Å². The predicted molar refractivity (Wildman–Crippen MR) is 129 cm³/mol. The first-order chi connectivity index (χ1) is 16.3. The van der Waals surface area contributed by atoms with E-state index in [1.807, 2.05) is 6.08 Å². The molecule has 1 aliphatic heterocycles. The van der Waals surface area contributed by atoms with E-state index in [1.165, 1.54) is 31.0 Å². The molecule has 12 heteroatoms. The normalized spacial score (nSPS) is 13.5. The Morgan fingerprint density at radius 2 is 2.03 bits per heavy atom. The highest BCUT2D eigenvalue weighted by Gasteiger charge is 2.26. The molecule has 3 rings (SSSR count). The van der Waals surface area contributed by atoms with Crippen molar-refractivity contribution in [2.45, 2.75) is 25.8 Å². The molecule has 0 unspecified atom stereocenters. The van der Waals surface area contributed by atoms with Crippen LogP contribution in [0.1, 0.15) is 27.3 Å². The van der Waals surface area contributed by atoms with E-state index in [9.17, 15) is 24.3 Å². The van der Waals surface area contributed by atoms with Gasteiger partial charge in [0, 0.05) is 12.3 Å². The highest BCUT2D eigenvalue weighted by molar-refractivity contribution is 8.04. The number of esters is 1. The molecular weight excluding hydrogens is 480 g/mol. The largest absolute Gasteiger partial charge is 0.508 e. The van der Waals surface area contributed by atoms with Gasteiger partial charge in [0.05, 0.1) is 24.1 Å². The van der Waals surface area contributed by atoms with E-state index in [-0.39, 0.29) is 40.5 Å². The van der Waals surface area contributed by atoms with Gasteiger partial charge in [0.2, 0.25) is 5.91 Å². The fraction of sp³-hybridized carbons (Fsp3) is 0.318.